The molecule has 4 rings (SSSR count). The van der Waals surface area contributed by atoms with Crippen molar-refractivity contribution in [1.29, 1.82) is 0 Å². The minimum atomic E-state index is -0.324. The van der Waals surface area contributed by atoms with Gasteiger partial charge in [-0.05, 0) is 23.8 Å². The van der Waals surface area contributed by atoms with Crippen LogP contribution >= 0.6 is 11.6 Å². The first-order valence-electron chi connectivity index (χ1n) is 8.67. The Balaban J connectivity index is 1.76. The van der Waals surface area contributed by atoms with E-state index in [2.05, 4.69) is 15.3 Å². The summed E-state index contributed by atoms with van der Waals surface area (Å²) in [6, 6.07) is 8.09. The van der Waals surface area contributed by atoms with Crippen molar-refractivity contribution in [1.82, 2.24) is 19.1 Å². The summed E-state index contributed by atoms with van der Waals surface area (Å²) in [4.78, 5) is 33.6. The summed E-state index contributed by atoms with van der Waals surface area (Å²) in [5, 5.41) is 13.0. The number of rotatable bonds is 4. The van der Waals surface area contributed by atoms with E-state index in [1.807, 2.05) is 0 Å². The Morgan fingerprint density at radius 3 is 2.72 bits per heavy atom. The number of phenols is 1. The second kappa shape index (κ2) is 7.40. The van der Waals surface area contributed by atoms with E-state index in [1.165, 1.54) is 35.4 Å². The average molecular weight is 410 g/mol. The van der Waals surface area contributed by atoms with Crippen LogP contribution in [0.1, 0.15) is 0 Å². The lowest BCUT2D eigenvalue weighted by molar-refractivity contribution is -0.116. The minimum absolute atomic E-state index is 0.0621. The maximum Gasteiger partial charge on any atom is 0.263 e. The molecule has 0 aliphatic rings. The number of carbonyl (C=O) groups excluding carboxylic acids is 1. The van der Waals surface area contributed by atoms with Gasteiger partial charge in [0.1, 0.15) is 17.9 Å². The number of anilines is 1. The van der Waals surface area contributed by atoms with Gasteiger partial charge in [0.05, 0.1) is 22.4 Å². The number of halogens is 1. The van der Waals surface area contributed by atoms with Crippen molar-refractivity contribution in [3.8, 4) is 16.9 Å². The minimum Gasteiger partial charge on any atom is -0.508 e. The van der Waals surface area contributed by atoms with Crippen LogP contribution in [-0.4, -0.2) is 30.1 Å². The molecule has 9 heteroatoms. The van der Waals surface area contributed by atoms with Gasteiger partial charge in [-0.1, -0.05) is 23.7 Å². The van der Waals surface area contributed by atoms with Crippen LogP contribution in [0, 0.1) is 0 Å². The van der Waals surface area contributed by atoms with Crippen LogP contribution in [0.4, 0.5) is 5.69 Å². The number of hydrogen-bond donors (Lipinski definition) is 2. The van der Waals surface area contributed by atoms with Gasteiger partial charge in [0.2, 0.25) is 5.91 Å². The number of pyridine rings is 1. The van der Waals surface area contributed by atoms with E-state index in [-0.39, 0.29) is 23.8 Å². The number of aromatic nitrogens is 4. The Morgan fingerprint density at radius 1 is 1.24 bits per heavy atom. The van der Waals surface area contributed by atoms with Gasteiger partial charge >= 0.3 is 0 Å². The Labute approximate surface area is 170 Å². The highest BCUT2D eigenvalue weighted by atomic mass is 35.5. The van der Waals surface area contributed by atoms with Crippen LogP contribution in [0.3, 0.4) is 0 Å². The van der Waals surface area contributed by atoms with Crippen molar-refractivity contribution in [2.24, 2.45) is 7.05 Å². The molecule has 0 spiro atoms. The van der Waals surface area contributed by atoms with Crippen LogP contribution in [0.2, 0.25) is 5.02 Å². The zero-order valence-corrected chi connectivity index (χ0v) is 16.1. The Bertz CT molecular complexity index is 1280. The van der Waals surface area contributed by atoms with Gasteiger partial charge in [0, 0.05) is 31.2 Å². The van der Waals surface area contributed by atoms with Gasteiger partial charge in [0.25, 0.3) is 5.56 Å². The summed E-state index contributed by atoms with van der Waals surface area (Å²) in [5.74, 6) is -0.202. The zero-order chi connectivity index (χ0) is 20.5. The van der Waals surface area contributed by atoms with Crippen molar-refractivity contribution in [3.63, 3.8) is 0 Å². The molecule has 29 heavy (non-hydrogen) atoms. The number of aryl methyl sites for hydroxylation is 1. The van der Waals surface area contributed by atoms with Crippen molar-refractivity contribution >= 4 is 34.2 Å². The smallest absolute Gasteiger partial charge is 0.263 e. The number of carbonyl (C=O) groups is 1. The lowest BCUT2D eigenvalue weighted by Crippen LogP contribution is -2.20. The predicted octanol–water partition coefficient (Wildman–Crippen LogP) is 2.79. The number of amides is 1. The summed E-state index contributed by atoms with van der Waals surface area (Å²) in [7, 11) is 1.62. The third-order valence-corrected chi connectivity index (χ3v) is 4.78. The van der Waals surface area contributed by atoms with Gasteiger partial charge in [-0.25, -0.2) is 4.98 Å². The largest absolute Gasteiger partial charge is 0.508 e. The number of fused-ring (bicyclic) bond motifs is 1. The van der Waals surface area contributed by atoms with Gasteiger partial charge in [-0.2, -0.15) is 0 Å². The molecule has 1 aromatic carbocycles. The Kier molecular flexibility index (Phi) is 4.77. The molecule has 146 valence electrons. The molecule has 0 saturated carbocycles. The van der Waals surface area contributed by atoms with Crippen molar-refractivity contribution in [2.75, 3.05) is 5.32 Å². The molecule has 8 nitrogen and oxygen atoms in total. The zero-order valence-electron chi connectivity index (χ0n) is 15.3. The SMILES string of the molecule is Cn1cnc2c(c(-c3ccc(O)cc3)cn2CC(=O)Nc2ccncc2Cl)c1=O. The molecule has 3 heterocycles. The highest BCUT2D eigenvalue weighted by molar-refractivity contribution is 6.33. The fourth-order valence-electron chi connectivity index (χ4n) is 3.07. The molecule has 3 aromatic heterocycles. The predicted molar refractivity (Wildman–Crippen MR) is 110 cm³/mol. The van der Waals surface area contributed by atoms with Crippen LogP contribution < -0.4 is 10.9 Å². The number of nitrogens with zero attached hydrogens (tertiary/aromatic N) is 4. The topological polar surface area (TPSA) is 102 Å². The summed E-state index contributed by atoms with van der Waals surface area (Å²) >= 11 is 6.04. The average Bonchev–Trinajstić information content (AvgIpc) is 3.06. The molecule has 0 aliphatic carbocycles. The van der Waals surface area contributed by atoms with E-state index in [0.717, 1.165) is 5.56 Å². The maximum absolute atomic E-state index is 12.8. The molecule has 0 atom stereocenters. The summed E-state index contributed by atoms with van der Waals surface area (Å²) < 4.78 is 3.00. The first-order valence-corrected chi connectivity index (χ1v) is 9.05. The maximum atomic E-state index is 12.8. The fourth-order valence-corrected chi connectivity index (χ4v) is 3.23. The fraction of sp³-hybridized carbons (Fsp3) is 0.100. The van der Waals surface area contributed by atoms with E-state index >= 15 is 0 Å². The molecule has 0 aliphatic heterocycles. The molecule has 0 fully saturated rings. The number of nitrogens with one attached hydrogen (secondary N) is 1. The standard InChI is InChI=1S/C20H16ClN5O3/c1-25-11-23-19-18(20(25)29)14(12-2-4-13(27)5-3-12)9-26(19)10-17(28)24-16-6-7-22-8-15(16)21/h2-9,11,27H,10H2,1H3,(H,22,24,28). The summed E-state index contributed by atoms with van der Waals surface area (Å²) in [6.07, 6.45) is 6.09. The van der Waals surface area contributed by atoms with E-state index < -0.39 is 0 Å². The van der Waals surface area contributed by atoms with Gasteiger partial charge < -0.3 is 19.6 Å². The third kappa shape index (κ3) is 3.57. The Morgan fingerprint density at radius 2 is 2.00 bits per heavy atom. The van der Waals surface area contributed by atoms with E-state index in [1.54, 1.807) is 36.0 Å². The van der Waals surface area contributed by atoms with Crippen molar-refractivity contribution < 1.29 is 9.90 Å². The second-order valence-corrected chi connectivity index (χ2v) is 6.89. The highest BCUT2D eigenvalue weighted by Gasteiger charge is 2.18. The first-order chi connectivity index (χ1) is 13.9. The number of benzene rings is 1. The van der Waals surface area contributed by atoms with E-state index in [9.17, 15) is 14.7 Å². The molecular formula is C20H16ClN5O3. The van der Waals surface area contributed by atoms with Crippen LogP contribution in [0.5, 0.6) is 5.75 Å². The van der Waals surface area contributed by atoms with Gasteiger partial charge in [-0.3, -0.25) is 14.6 Å². The molecule has 1 amide bonds. The molecule has 0 saturated heterocycles. The summed E-state index contributed by atoms with van der Waals surface area (Å²) in [6.45, 7) is -0.0621. The molecule has 0 unspecified atom stereocenters. The molecule has 4 aromatic rings. The van der Waals surface area contributed by atoms with E-state index in [4.69, 9.17) is 11.6 Å². The lowest BCUT2D eigenvalue weighted by atomic mass is 10.1. The monoisotopic (exact) mass is 409 g/mol. The normalized spacial score (nSPS) is 11.0. The molecule has 0 bridgehead atoms. The molecular weight excluding hydrogens is 394 g/mol. The third-order valence-electron chi connectivity index (χ3n) is 4.48. The van der Waals surface area contributed by atoms with Gasteiger partial charge in [-0.15, -0.1) is 0 Å². The molecule has 2 N–H and O–H groups in total. The first kappa shape index (κ1) is 18.7. The molecule has 0 radical (unpaired) electrons. The summed E-state index contributed by atoms with van der Waals surface area (Å²) in [5.41, 5.74) is 1.98. The lowest BCUT2D eigenvalue weighted by Gasteiger charge is -2.08. The van der Waals surface area contributed by atoms with Crippen LogP contribution in [-0.2, 0) is 18.4 Å². The number of phenolic OH excluding ortho intramolecular Hbond substituents is 1. The quantitative estimate of drug-likeness (QED) is 0.539. The Hall–Kier alpha value is -3.65. The number of hydrogen-bond acceptors (Lipinski definition) is 5. The van der Waals surface area contributed by atoms with Crippen molar-refractivity contribution in [2.45, 2.75) is 6.54 Å². The van der Waals surface area contributed by atoms with Crippen molar-refractivity contribution in [3.05, 3.63) is 70.6 Å². The second-order valence-electron chi connectivity index (χ2n) is 6.48. The van der Waals surface area contributed by atoms with Gasteiger partial charge in [0.15, 0.2) is 0 Å². The van der Waals surface area contributed by atoms with E-state index in [0.29, 0.717) is 27.3 Å². The van der Waals surface area contributed by atoms with Crippen LogP contribution in [0.25, 0.3) is 22.2 Å². The number of aromatic hydroxyl groups is 1. The highest BCUT2D eigenvalue weighted by Crippen LogP contribution is 2.29. The van der Waals surface area contributed by atoms with Crippen LogP contribution in [0.15, 0.2) is 60.0 Å².